The van der Waals surface area contributed by atoms with Gasteiger partial charge in [0.2, 0.25) is 5.88 Å². The Morgan fingerprint density at radius 1 is 1.27 bits per heavy atom. The number of carbonyl (C=O) groups excluding carboxylic acids is 1. The highest BCUT2D eigenvalue weighted by atomic mass is 16.5. The van der Waals surface area contributed by atoms with Crippen LogP contribution in [0.3, 0.4) is 0 Å². The summed E-state index contributed by atoms with van der Waals surface area (Å²) >= 11 is 0. The first kappa shape index (κ1) is 13.6. The third-order valence-corrected chi connectivity index (χ3v) is 2.76. The average Bonchev–Trinajstić information content (AvgIpc) is 3.09. The van der Waals surface area contributed by atoms with Crippen molar-refractivity contribution in [3.63, 3.8) is 0 Å². The monoisotopic (exact) mass is 297 g/mol. The maximum Gasteiger partial charge on any atom is 0.262 e. The molecule has 0 aliphatic carbocycles. The van der Waals surface area contributed by atoms with Gasteiger partial charge < -0.3 is 10.1 Å². The molecule has 3 rings (SSSR count). The molecule has 3 heterocycles. The third kappa shape index (κ3) is 2.73. The molecule has 3 aromatic heterocycles. The molecule has 9 heteroatoms. The van der Waals surface area contributed by atoms with Crippen LogP contribution in [0.2, 0.25) is 0 Å². The van der Waals surface area contributed by atoms with Crippen molar-refractivity contribution in [2.45, 2.75) is 0 Å². The molecule has 0 aliphatic heterocycles. The molecule has 1 amide bonds. The van der Waals surface area contributed by atoms with Gasteiger partial charge in [-0.3, -0.25) is 4.79 Å². The molecule has 0 saturated carbocycles. The predicted octanol–water partition coefficient (Wildman–Crippen LogP) is 0.713. The second kappa shape index (κ2) is 5.95. The van der Waals surface area contributed by atoms with E-state index in [1.807, 2.05) is 0 Å². The van der Waals surface area contributed by atoms with Crippen LogP contribution in [0.4, 0.5) is 5.82 Å². The molecular formula is C13H11N7O2. The van der Waals surface area contributed by atoms with Gasteiger partial charge in [-0.1, -0.05) is 0 Å². The van der Waals surface area contributed by atoms with Crippen molar-refractivity contribution in [3.05, 3.63) is 48.9 Å². The lowest BCUT2D eigenvalue weighted by atomic mass is 10.2. The van der Waals surface area contributed by atoms with E-state index in [1.54, 1.807) is 24.4 Å². The van der Waals surface area contributed by atoms with Gasteiger partial charge in [-0.15, -0.1) is 0 Å². The van der Waals surface area contributed by atoms with Crippen LogP contribution in [0, 0.1) is 0 Å². The molecule has 0 atom stereocenters. The number of rotatable bonds is 4. The number of anilines is 1. The van der Waals surface area contributed by atoms with Gasteiger partial charge in [0.25, 0.3) is 5.91 Å². The zero-order valence-corrected chi connectivity index (χ0v) is 11.5. The Labute approximate surface area is 125 Å². The number of hydrogen-bond donors (Lipinski definition) is 1. The van der Waals surface area contributed by atoms with E-state index < -0.39 is 0 Å². The van der Waals surface area contributed by atoms with Crippen LogP contribution in [0.5, 0.6) is 5.88 Å². The zero-order chi connectivity index (χ0) is 15.4. The fraction of sp³-hybridized carbons (Fsp3) is 0.0769. The SMILES string of the molecule is COc1ncccc1C(=O)Nc1cc(-n2cncn2)ncn1. The number of hydrogen-bond acceptors (Lipinski definition) is 7. The molecule has 22 heavy (non-hydrogen) atoms. The lowest BCUT2D eigenvalue weighted by Crippen LogP contribution is -2.15. The number of nitrogens with one attached hydrogen (secondary N) is 1. The van der Waals surface area contributed by atoms with E-state index in [0.717, 1.165) is 0 Å². The number of methoxy groups -OCH3 is 1. The summed E-state index contributed by atoms with van der Waals surface area (Å²) in [4.78, 5) is 28.1. The number of amides is 1. The average molecular weight is 297 g/mol. The van der Waals surface area contributed by atoms with Crippen molar-refractivity contribution in [2.75, 3.05) is 12.4 Å². The first-order chi connectivity index (χ1) is 10.8. The van der Waals surface area contributed by atoms with Crippen LogP contribution in [-0.2, 0) is 0 Å². The van der Waals surface area contributed by atoms with Crippen molar-refractivity contribution in [1.82, 2.24) is 29.7 Å². The summed E-state index contributed by atoms with van der Waals surface area (Å²) in [6, 6.07) is 4.84. The minimum Gasteiger partial charge on any atom is -0.480 e. The zero-order valence-electron chi connectivity index (χ0n) is 11.5. The van der Waals surface area contributed by atoms with Crippen molar-refractivity contribution >= 4 is 11.7 Å². The Morgan fingerprint density at radius 2 is 2.18 bits per heavy atom. The normalized spacial score (nSPS) is 10.2. The maximum absolute atomic E-state index is 12.3. The largest absolute Gasteiger partial charge is 0.480 e. The summed E-state index contributed by atoms with van der Waals surface area (Å²) in [6.45, 7) is 0. The summed E-state index contributed by atoms with van der Waals surface area (Å²) in [5, 5.41) is 6.63. The second-order valence-electron chi connectivity index (χ2n) is 4.12. The van der Waals surface area contributed by atoms with Crippen molar-refractivity contribution in [1.29, 1.82) is 0 Å². The van der Waals surface area contributed by atoms with Crippen molar-refractivity contribution in [3.8, 4) is 11.7 Å². The van der Waals surface area contributed by atoms with Gasteiger partial charge in [-0.05, 0) is 12.1 Å². The molecule has 1 N–H and O–H groups in total. The van der Waals surface area contributed by atoms with Crippen LogP contribution in [0.1, 0.15) is 10.4 Å². The van der Waals surface area contributed by atoms with Gasteiger partial charge in [-0.2, -0.15) is 5.10 Å². The van der Waals surface area contributed by atoms with E-state index in [9.17, 15) is 4.79 Å². The summed E-state index contributed by atoms with van der Waals surface area (Å²) in [5.41, 5.74) is 0.311. The van der Waals surface area contributed by atoms with Gasteiger partial charge >= 0.3 is 0 Å². The van der Waals surface area contributed by atoms with E-state index >= 15 is 0 Å². The molecule has 9 nitrogen and oxygen atoms in total. The molecule has 0 bridgehead atoms. The van der Waals surface area contributed by atoms with Crippen molar-refractivity contribution < 1.29 is 9.53 Å². The Morgan fingerprint density at radius 3 is 2.95 bits per heavy atom. The van der Waals surface area contributed by atoms with E-state index in [2.05, 4.69) is 30.4 Å². The van der Waals surface area contributed by atoms with Gasteiger partial charge in [-0.25, -0.2) is 24.6 Å². The number of aromatic nitrogens is 6. The van der Waals surface area contributed by atoms with E-state index in [4.69, 9.17) is 4.74 Å². The molecule has 0 fully saturated rings. The fourth-order valence-corrected chi connectivity index (χ4v) is 1.78. The molecular weight excluding hydrogens is 286 g/mol. The van der Waals surface area contributed by atoms with E-state index in [1.165, 1.54) is 30.8 Å². The van der Waals surface area contributed by atoms with Gasteiger partial charge in [0.15, 0.2) is 5.82 Å². The molecule has 0 unspecified atom stereocenters. The molecule has 0 radical (unpaired) electrons. The molecule has 110 valence electrons. The first-order valence-corrected chi connectivity index (χ1v) is 6.25. The lowest BCUT2D eigenvalue weighted by Gasteiger charge is -2.08. The Bertz CT molecular complexity index is 789. The third-order valence-electron chi connectivity index (χ3n) is 2.76. The minimum atomic E-state index is -0.381. The number of pyridine rings is 1. The molecule has 0 aliphatic rings. The molecule has 3 aromatic rings. The van der Waals surface area contributed by atoms with Crippen molar-refractivity contribution in [2.24, 2.45) is 0 Å². The Hall–Kier alpha value is -3.36. The fourth-order valence-electron chi connectivity index (χ4n) is 1.78. The molecule has 0 spiro atoms. The quantitative estimate of drug-likeness (QED) is 0.755. The van der Waals surface area contributed by atoms with E-state index in [0.29, 0.717) is 17.2 Å². The topological polar surface area (TPSA) is 108 Å². The summed E-state index contributed by atoms with van der Waals surface area (Å²) in [7, 11) is 1.45. The van der Waals surface area contributed by atoms with Crippen LogP contribution in [-0.4, -0.2) is 42.7 Å². The smallest absolute Gasteiger partial charge is 0.262 e. The van der Waals surface area contributed by atoms with Crippen LogP contribution >= 0.6 is 0 Å². The summed E-state index contributed by atoms with van der Waals surface area (Å²) in [5.74, 6) is 0.677. The minimum absolute atomic E-state index is 0.241. The standard InChI is InChI=1S/C13H11N7O2/c1-22-13-9(3-2-4-15-13)12(21)19-10-5-11(17-7-16-10)20-8-14-6-18-20/h2-8H,1H3,(H,16,17,19,21). The van der Waals surface area contributed by atoms with Crippen LogP contribution in [0.25, 0.3) is 5.82 Å². The van der Waals surface area contributed by atoms with E-state index in [-0.39, 0.29) is 11.8 Å². The number of carbonyl (C=O) groups is 1. The number of ether oxygens (including phenoxy) is 1. The Kier molecular flexibility index (Phi) is 3.69. The summed E-state index contributed by atoms with van der Waals surface area (Å²) < 4.78 is 6.52. The number of nitrogens with zero attached hydrogens (tertiary/aromatic N) is 6. The second-order valence-corrected chi connectivity index (χ2v) is 4.12. The van der Waals surface area contributed by atoms with Gasteiger partial charge in [0.1, 0.15) is 30.4 Å². The highest BCUT2D eigenvalue weighted by molar-refractivity contribution is 6.05. The molecule has 0 saturated heterocycles. The molecule has 0 aromatic carbocycles. The Balaban J connectivity index is 1.84. The highest BCUT2D eigenvalue weighted by Crippen LogP contribution is 2.16. The van der Waals surface area contributed by atoms with Gasteiger partial charge in [0.05, 0.1) is 7.11 Å². The lowest BCUT2D eigenvalue weighted by molar-refractivity contribution is 0.102. The predicted molar refractivity (Wildman–Crippen MR) is 75.7 cm³/mol. The van der Waals surface area contributed by atoms with Gasteiger partial charge in [0, 0.05) is 12.3 Å². The van der Waals surface area contributed by atoms with Crippen LogP contribution < -0.4 is 10.1 Å². The summed E-state index contributed by atoms with van der Waals surface area (Å²) in [6.07, 6.45) is 5.76. The first-order valence-electron chi connectivity index (χ1n) is 6.25. The van der Waals surface area contributed by atoms with Crippen LogP contribution in [0.15, 0.2) is 43.4 Å². The highest BCUT2D eigenvalue weighted by Gasteiger charge is 2.14. The maximum atomic E-state index is 12.3.